The second-order valence-electron chi connectivity index (χ2n) is 7.33. The molecule has 1 aromatic rings. The van der Waals surface area contributed by atoms with Gasteiger partial charge in [-0.25, -0.2) is 4.79 Å². The highest BCUT2D eigenvalue weighted by atomic mass is 16.6. The molecule has 0 saturated heterocycles. The molecule has 0 bridgehead atoms. The first-order chi connectivity index (χ1) is 16.9. The van der Waals surface area contributed by atoms with E-state index in [4.69, 9.17) is 28.4 Å². The van der Waals surface area contributed by atoms with Gasteiger partial charge in [0, 0.05) is 34.6 Å². The van der Waals surface area contributed by atoms with Crippen LogP contribution in [0, 0.1) is 0 Å². The van der Waals surface area contributed by atoms with Crippen LogP contribution < -0.4 is 10.1 Å². The van der Waals surface area contributed by atoms with Crippen LogP contribution in [0.15, 0.2) is 30.3 Å². The Morgan fingerprint density at radius 1 is 0.667 bits per heavy atom. The van der Waals surface area contributed by atoms with Gasteiger partial charge in [0.2, 0.25) is 0 Å². The van der Waals surface area contributed by atoms with Gasteiger partial charge in [0.25, 0.3) is 0 Å². The summed E-state index contributed by atoms with van der Waals surface area (Å²) in [6, 6.07) is 8.06. The zero-order valence-corrected chi connectivity index (χ0v) is 20.5. The molecule has 0 spiro atoms. The van der Waals surface area contributed by atoms with Crippen LogP contribution in [0.1, 0.15) is 34.6 Å². The summed E-state index contributed by atoms with van der Waals surface area (Å²) in [4.78, 5) is 70.9. The molecule has 0 saturated carbocycles. The molecule has 36 heavy (non-hydrogen) atoms. The Morgan fingerprint density at radius 3 is 1.61 bits per heavy atom. The molecule has 13 heteroatoms. The van der Waals surface area contributed by atoms with Crippen molar-refractivity contribution in [2.45, 2.75) is 59.0 Å². The molecule has 0 heterocycles. The molecule has 1 aromatic carbocycles. The van der Waals surface area contributed by atoms with Crippen LogP contribution in [0.4, 0.5) is 4.79 Å². The van der Waals surface area contributed by atoms with Gasteiger partial charge in [-0.15, -0.1) is 0 Å². The summed E-state index contributed by atoms with van der Waals surface area (Å²) in [6.45, 7) is 4.22. The minimum absolute atomic E-state index is 0.227. The fourth-order valence-corrected chi connectivity index (χ4v) is 2.95. The number of para-hydroxylation sites is 1. The second-order valence-corrected chi connectivity index (χ2v) is 7.33. The van der Waals surface area contributed by atoms with E-state index in [0.29, 0.717) is 0 Å². The lowest BCUT2D eigenvalue weighted by atomic mass is 10.0. The van der Waals surface area contributed by atoms with Crippen molar-refractivity contribution in [3.8, 4) is 5.75 Å². The first kappa shape index (κ1) is 29.9. The highest BCUT2D eigenvalue weighted by molar-refractivity contribution is 5.71. The summed E-state index contributed by atoms with van der Waals surface area (Å²) in [5.41, 5.74) is 0. The zero-order valence-electron chi connectivity index (χ0n) is 20.5. The minimum atomic E-state index is -1.61. The van der Waals surface area contributed by atoms with E-state index in [1.807, 2.05) is 0 Å². The Hall–Kier alpha value is -4.16. The van der Waals surface area contributed by atoms with Crippen LogP contribution >= 0.6 is 0 Å². The molecule has 0 fully saturated rings. The highest BCUT2D eigenvalue weighted by Crippen LogP contribution is 2.20. The molecule has 0 aliphatic heterocycles. The van der Waals surface area contributed by atoms with Crippen LogP contribution in [0.3, 0.4) is 0 Å². The summed E-state index contributed by atoms with van der Waals surface area (Å²) in [7, 11) is 0. The van der Waals surface area contributed by atoms with Gasteiger partial charge in [-0.3, -0.25) is 24.0 Å². The van der Waals surface area contributed by atoms with E-state index >= 15 is 0 Å². The van der Waals surface area contributed by atoms with E-state index in [9.17, 15) is 28.8 Å². The van der Waals surface area contributed by atoms with Gasteiger partial charge in [-0.2, -0.15) is 0 Å². The third kappa shape index (κ3) is 11.8. The van der Waals surface area contributed by atoms with Crippen LogP contribution in [0.25, 0.3) is 0 Å². The standard InChI is InChI=1S/C23H29NO12/c1-13(25)31-12-20(33-15(3)27)22(35-17(5)29)21(34-16(4)28)19(32-14(2)26)11-24-23(30)36-18-9-7-6-8-10-18/h6-10,19-22H,11-12H2,1-5H3,(H,24,30)/t19-,20+,21+,22+/m0/s1. The Bertz CT molecular complexity index is 932. The first-order valence-corrected chi connectivity index (χ1v) is 10.7. The van der Waals surface area contributed by atoms with E-state index < -0.39 is 73.5 Å². The van der Waals surface area contributed by atoms with Crippen molar-refractivity contribution in [1.82, 2.24) is 5.32 Å². The quantitative estimate of drug-likeness (QED) is 0.313. The molecule has 0 aliphatic rings. The largest absolute Gasteiger partial charge is 0.462 e. The smallest absolute Gasteiger partial charge is 0.412 e. The van der Waals surface area contributed by atoms with Crippen LogP contribution in [0.5, 0.6) is 5.75 Å². The molecule has 1 N–H and O–H groups in total. The molecule has 0 aliphatic carbocycles. The Labute approximate surface area is 207 Å². The van der Waals surface area contributed by atoms with E-state index in [2.05, 4.69) is 5.32 Å². The summed E-state index contributed by atoms with van der Waals surface area (Å²) >= 11 is 0. The highest BCUT2D eigenvalue weighted by Gasteiger charge is 2.44. The maximum Gasteiger partial charge on any atom is 0.412 e. The lowest BCUT2D eigenvalue weighted by molar-refractivity contribution is -0.202. The second kappa shape index (κ2) is 15.0. The van der Waals surface area contributed by atoms with E-state index in [0.717, 1.165) is 34.6 Å². The van der Waals surface area contributed by atoms with Crippen LogP contribution in [-0.4, -0.2) is 73.5 Å². The third-order valence-electron chi connectivity index (χ3n) is 4.15. The topological polar surface area (TPSA) is 170 Å². The van der Waals surface area contributed by atoms with Crippen molar-refractivity contribution in [3.05, 3.63) is 30.3 Å². The Kier molecular flexibility index (Phi) is 12.4. The number of carbonyl (C=O) groups excluding carboxylic acids is 6. The third-order valence-corrected chi connectivity index (χ3v) is 4.15. The van der Waals surface area contributed by atoms with E-state index in [-0.39, 0.29) is 5.75 Å². The van der Waals surface area contributed by atoms with Gasteiger partial charge in [-0.1, -0.05) is 18.2 Å². The van der Waals surface area contributed by atoms with Crippen molar-refractivity contribution in [3.63, 3.8) is 0 Å². The average Bonchev–Trinajstić information content (AvgIpc) is 2.76. The number of ether oxygens (including phenoxy) is 6. The molecule has 198 valence electrons. The lowest BCUT2D eigenvalue weighted by Gasteiger charge is -2.35. The monoisotopic (exact) mass is 511 g/mol. The van der Waals surface area contributed by atoms with Gasteiger partial charge >= 0.3 is 35.9 Å². The Balaban J connectivity index is 3.29. The molecular weight excluding hydrogens is 482 g/mol. The summed E-state index contributed by atoms with van der Waals surface area (Å²) < 4.78 is 30.9. The Morgan fingerprint density at radius 2 is 1.14 bits per heavy atom. The van der Waals surface area contributed by atoms with Gasteiger partial charge in [0.1, 0.15) is 12.4 Å². The van der Waals surface area contributed by atoms with Crippen molar-refractivity contribution >= 4 is 35.9 Å². The van der Waals surface area contributed by atoms with Gasteiger partial charge < -0.3 is 33.7 Å². The van der Waals surface area contributed by atoms with Crippen molar-refractivity contribution in [1.29, 1.82) is 0 Å². The molecule has 4 atom stereocenters. The molecular formula is C23H29NO12. The molecule has 1 rings (SSSR count). The number of esters is 5. The van der Waals surface area contributed by atoms with E-state index in [1.54, 1.807) is 18.2 Å². The van der Waals surface area contributed by atoms with Gasteiger partial charge in [0.05, 0.1) is 6.54 Å². The number of hydrogen-bond donors (Lipinski definition) is 1. The average molecular weight is 511 g/mol. The summed E-state index contributed by atoms with van der Waals surface area (Å²) in [6.07, 6.45) is -7.05. The molecule has 1 amide bonds. The maximum atomic E-state index is 12.3. The predicted octanol–water partition coefficient (Wildman–Crippen LogP) is 1.06. The van der Waals surface area contributed by atoms with E-state index in [1.165, 1.54) is 12.1 Å². The lowest BCUT2D eigenvalue weighted by Crippen LogP contribution is -2.55. The number of nitrogens with one attached hydrogen (secondary N) is 1. The molecule has 13 nitrogen and oxygen atoms in total. The van der Waals surface area contributed by atoms with Crippen molar-refractivity contribution < 1.29 is 57.2 Å². The number of amides is 1. The molecule has 0 aromatic heterocycles. The minimum Gasteiger partial charge on any atom is -0.462 e. The van der Waals surface area contributed by atoms with Crippen molar-refractivity contribution in [2.75, 3.05) is 13.2 Å². The van der Waals surface area contributed by atoms with Gasteiger partial charge in [-0.05, 0) is 12.1 Å². The fourth-order valence-electron chi connectivity index (χ4n) is 2.95. The SMILES string of the molecule is CC(=O)OC[C@@H](OC(C)=O)[C@@H](OC(C)=O)[C@H](OC(C)=O)[C@H](CNC(=O)Oc1ccccc1)OC(C)=O. The predicted molar refractivity (Wildman–Crippen MR) is 119 cm³/mol. The first-order valence-electron chi connectivity index (χ1n) is 10.7. The van der Waals surface area contributed by atoms with Crippen molar-refractivity contribution in [2.24, 2.45) is 0 Å². The zero-order chi connectivity index (χ0) is 27.3. The normalized spacial score (nSPS) is 13.6. The number of hydrogen-bond acceptors (Lipinski definition) is 12. The molecule has 0 unspecified atom stereocenters. The number of benzene rings is 1. The number of carbonyl (C=O) groups is 6. The van der Waals surface area contributed by atoms with Crippen LogP contribution in [0.2, 0.25) is 0 Å². The molecule has 0 radical (unpaired) electrons. The van der Waals surface area contributed by atoms with Gasteiger partial charge in [0.15, 0.2) is 24.4 Å². The fraction of sp³-hybridized carbons (Fsp3) is 0.478. The number of rotatable bonds is 12. The summed E-state index contributed by atoms with van der Waals surface area (Å²) in [5, 5.41) is 2.37. The summed E-state index contributed by atoms with van der Waals surface area (Å²) in [5.74, 6) is -3.94. The maximum absolute atomic E-state index is 12.3. The van der Waals surface area contributed by atoms with Crippen LogP contribution in [-0.2, 0) is 47.7 Å².